The van der Waals surface area contributed by atoms with Crippen molar-refractivity contribution in [3.8, 4) is 0 Å². The third-order valence-electron chi connectivity index (χ3n) is 3.40. The number of hydrogen-bond acceptors (Lipinski definition) is 8. The van der Waals surface area contributed by atoms with E-state index in [-0.39, 0.29) is 39.4 Å². The molecule has 1 radical (unpaired) electrons. The van der Waals surface area contributed by atoms with E-state index in [1.807, 2.05) is 0 Å². The van der Waals surface area contributed by atoms with Crippen LogP contribution in [0.1, 0.15) is 26.2 Å². The molecule has 1 aliphatic rings. The van der Waals surface area contributed by atoms with E-state index in [9.17, 15) is 19.3 Å². The van der Waals surface area contributed by atoms with Crippen molar-refractivity contribution in [2.24, 2.45) is 10.7 Å². The standard InChI is InChI=1S/C14H22N3O7P.Cu.H2O/c1-9-13(18)11(10(6-16-9)8-24-25(21,22)23)7-17-12(14(19)20)4-2-3-5-15;;/h6-7,12,17H,2-5,8,15H2,1H3,(H,19,20)(H2,21,22,23);;1H2/p-1. The van der Waals surface area contributed by atoms with Crippen molar-refractivity contribution in [1.29, 1.82) is 0 Å². The van der Waals surface area contributed by atoms with Crippen LogP contribution in [0.25, 0.3) is 0 Å². The third-order valence-corrected chi connectivity index (χ3v) is 3.86. The molecule has 0 amide bonds. The smallest absolute Gasteiger partial charge is 0.469 e. The van der Waals surface area contributed by atoms with E-state index in [1.54, 1.807) is 0 Å². The van der Waals surface area contributed by atoms with Gasteiger partial charge in [-0.25, -0.2) is 9.36 Å². The van der Waals surface area contributed by atoms with Crippen molar-refractivity contribution < 1.29 is 56.1 Å². The number of nitrogens with one attached hydrogen (secondary N) is 1. The van der Waals surface area contributed by atoms with Crippen molar-refractivity contribution in [3.05, 3.63) is 23.5 Å². The number of carboxylic acids is 1. The van der Waals surface area contributed by atoms with E-state index in [0.29, 0.717) is 25.8 Å². The fourth-order valence-electron chi connectivity index (χ4n) is 2.03. The molecule has 11 nitrogen and oxygen atoms in total. The molecular formula is C14H23CuN3O8P-. The average Bonchev–Trinajstić information content (AvgIpc) is 2.52. The molecule has 1 aliphatic heterocycles. The van der Waals surface area contributed by atoms with Gasteiger partial charge in [0.25, 0.3) is 0 Å². The van der Waals surface area contributed by atoms with Gasteiger partial charge >= 0.3 is 13.8 Å². The van der Waals surface area contributed by atoms with Crippen LogP contribution < -0.4 is 11.1 Å². The van der Waals surface area contributed by atoms with E-state index in [4.69, 9.17) is 15.5 Å². The Morgan fingerprint density at radius 1 is 1.44 bits per heavy atom. The van der Waals surface area contributed by atoms with Gasteiger partial charge in [-0.1, -0.05) is 0 Å². The van der Waals surface area contributed by atoms with Gasteiger partial charge in [-0.05, 0) is 32.7 Å². The van der Waals surface area contributed by atoms with Crippen molar-refractivity contribution >= 4 is 25.3 Å². The molecule has 0 saturated carbocycles. The second-order valence-corrected chi connectivity index (χ2v) is 6.60. The maximum absolute atomic E-state index is 12.2. The Labute approximate surface area is 166 Å². The number of phosphoric acid groups is 1. The quantitative estimate of drug-likeness (QED) is 0.128. The molecule has 159 valence electrons. The maximum Gasteiger partial charge on any atom is 0.469 e. The van der Waals surface area contributed by atoms with E-state index in [2.05, 4.69) is 14.8 Å². The van der Waals surface area contributed by atoms with Gasteiger partial charge in [0.2, 0.25) is 5.78 Å². The van der Waals surface area contributed by atoms with Gasteiger partial charge < -0.3 is 31.4 Å². The number of nitrogens with zero attached hydrogens (tertiary/aromatic N) is 1. The molecule has 1 unspecified atom stereocenters. The van der Waals surface area contributed by atoms with Gasteiger partial charge in [-0.2, -0.15) is 0 Å². The number of carbonyl (C=O) groups excluding carboxylic acids is 1. The Bertz CT molecular complexity index is 659. The van der Waals surface area contributed by atoms with Gasteiger partial charge in [0, 0.05) is 40.6 Å². The topological polar surface area (TPSA) is 202 Å². The van der Waals surface area contributed by atoms with E-state index >= 15 is 0 Å². The Morgan fingerprint density at radius 3 is 2.59 bits per heavy atom. The summed E-state index contributed by atoms with van der Waals surface area (Å²) in [5.74, 6) is -1.56. The van der Waals surface area contributed by atoms with Crippen LogP contribution in [0.3, 0.4) is 0 Å². The molecule has 7 N–H and O–H groups in total. The Hall–Kier alpha value is -1.36. The van der Waals surface area contributed by atoms with E-state index in [0.717, 1.165) is 0 Å². The summed E-state index contributed by atoms with van der Waals surface area (Å²) in [5.41, 5.74) is 5.73. The van der Waals surface area contributed by atoms with Crippen molar-refractivity contribution in [2.75, 3.05) is 13.2 Å². The van der Waals surface area contributed by atoms with Crippen LogP contribution in [0, 0.1) is 0 Å². The number of unbranched alkanes of at least 4 members (excludes halogenated alkanes) is 1. The number of carboxylic acid groups (broad SMARTS) is 1. The number of aliphatic imine (C=N–C) groups is 1. The number of hydrogen-bond donors (Lipinski definition) is 5. The molecule has 1 heterocycles. The zero-order valence-corrected chi connectivity index (χ0v) is 16.3. The minimum atomic E-state index is -4.72. The minimum Gasteiger partial charge on any atom is -0.870 e. The summed E-state index contributed by atoms with van der Waals surface area (Å²) in [7, 11) is -4.72. The number of rotatable bonds is 10. The van der Waals surface area contributed by atoms with Crippen LogP contribution in [0.4, 0.5) is 0 Å². The van der Waals surface area contributed by atoms with Crippen LogP contribution in [0.15, 0.2) is 28.5 Å². The summed E-state index contributed by atoms with van der Waals surface area (Å²) in [5, 5.41) is 11.9. The SMILES string of the molecule is CC1=NC=C(COP(=O)(O)O)C(=CNC(CCCCN)C(=O)O)C1=O.[Cu].[OH-]. The fourth-order valence-corrected chi connectivity index (χ4v) is 2.33. The summed E-state index contributed by atoms with van der Waals surface area (Å²) in [6.45, 7) is 1.39. The first-order chi connectivity index (χ1) is 11.7. The predicted molar refractivity (Wildman–Crippen MR) is 91.7 cm³/mol. The predicted octanol–water partition coefficient (Wildman–Crippen LogP) is -0.100. The first-order valence-corrected chi connectivity index (χ1v) is 9.06. The molecule has 0 aliphatic carbocycles. The second kappa shape index (κ2) is 12.9. The van der Waals surface area contributed by atoms with Gasteiger partial charge in [0.05, 0.1) is 12.3 Å². The molecule has 13 heteroatoms. The van der Waals surface area contributed by atoms with Crippen LogP contribution in [0.2, 0.25) is 0 Å². The van der Waals surface area contributed by atoms with Crippen LogP contribution in [-0.2, 0) is 35.7 Å². The number of nitrogens with two attached hydrogens (primary N) is 1. The zero-order chi connectivity index (χ0) is 19.0. The Morgan fingerprint density at radius 2 is 2.07 bits per heavy atom. The molecule has 27 heavy (non-hydrogen) atoms. The fraction of sp³-hybridized carbons (Fsp3) is 0.500. The molecular weight excluding hydrogens is 433 g/mol. The van der Waals surface area contributed by atoms with Gasteiger partial charge in [0.1, 0.15) is 6.04 Å². The van der Waals surface area contributed by atoms with Crippen LogP contribution >= 0.6 is 7.82 Å². The summed E-state index contributed by atoms with van der Waals surface area (Å²) < 4.78 is 15.2. The molecule has 0 aromatic carbocycles. The van der Waals surface area contributed by atoms with Gasteiger partial charge in [-0.15, -0.1) is 0 Å². The van der Waals surface area contributed by atoms with Crippen molar-refractivity contribution in [1.82, 2.24) is 5.32 Å². The number of Topliss-reactive ketones (excluding diaryl/α,β-unsaturated/α-hetero) is 1. The largest absolute Gasteiger partial charge is 0.870 e. The summed E-state index contributed by atoms with van der Waals surface area (Å²) in [6.07, 6.45) is 4.06. The zero-order valence-electron chi connectivity index (χ0n) is 14.5. The molecule has 1 rings (SSSR count). The van der Waals surface area contributed by atoms with Gasteiger partial charge in [-0.3, -0.25) is 14.3 Å². The first kappa shape index (κ1) is 27.9. The Kier molecular flexibility index (Phi) is 13.3. The minimum absolute atomic E-state index is 0. The summed E-state index contributed by atoms with van der Waals surface area (Å²) in [6, 6.07) is -0.921. The summed E-state index contributed by atoms with van der Waals surface area (Å²) >= 11 is 0. The van der Waals surface area contributed by atoms with Crippen molar-refractivity contribution in [3.63, 3.8) is 0 Å². The number of carbonyl (C=O) groups is 2. The molecule has 1 atom stereocenters. The Balaban J connectivity index is 0. The number of phosphoric ester groups is 1. The molecule has 0 spiro atoms. The molecule has 0 saturated heterocycles. The molecule has 0 bridgehead atoms. The second-order valence-electron chi connectivity index (χ2n) is 5.36. The first-order valence-electron chi connectivity index (χ1n) is 7.53. The van der Waals surface area contributed by atoms with Crippen molar-refractivity contribution in [2.45, 2.75) is 32.2 Å². The van der Waals surface area contributed by atoms with E-state index in [1.165, 1.54) is 19.3 Å². The normalized spacial score (nSPS) is 16.6. The third kappa shape index (κ3) is 9.94. The average molecular weight is 456 g/mol. The monoisotopic (exact) mass is 455 g/mol. The van der Waals surface area contributed by atoms with Gasteiger partial charge in [0.15, 0.2) is 0 Å². The van der Waals surface area contributed by atoms with Crippen LogP contribution in [0.5, 0.6) is 0 Å². The molecule has 0 aromatic rings. The number of ketones is 1. The molecule has 0 fully saturated rings. The maximum atomic E-state index is 12.2. The number of aliphatic carboxylic acids is 1. The molecule has 0 aromatic heterocycles. The van der Waals surface area contributed by atoms with E-state index < -0.39 is 32.2 Å². The van der Waals surface area contributed by atoms with Crippen LogP contribution in [-0.4, -0.2) is 57.0 Å². The summed E-state index contributed by atoms with van der Waals surface area (Å²) in [4.78, 5) is 44.9.